The predicted molar refractivity (Wildman–Crippen MR) is 122 cm³/mol. The number of amides is 1. The first-order chi connectivity index (χ1) is 13.9. The third-order valence-corrected chi connectivity index (χ3v) is 5.44. The van der Waals surface area contributed by atoms with Gasteiger partial charge in [-0.15, -0.1) is 12.4 Å². The van der Waals surface area contributed by atoms with E-state index in [0.717, 1.165) is 31.7 Å². The fraction of sp³-hybridized carbons (Fsp3) is 0.476. The van der Waals surface area contributed by atoms with E-state index in [4.69, 9.17) is 16.3 Å². The minimum absolute atomic E-state index is 0. The number of hydrogen-bond acceptors (Lipinski definition) is 6. The summed E-state index contributed by atoms with van der Waals surface area (Å²) in [4.78, 5) is 23.9. The Bertz CT molecular complexity index is 844. The van der Waals surface area contributed by atoms with E-state index in [0.29, 0.717) is 34.7 Å². The third kappa shape index (κ3) is 6.54. The zero-order chi connectivity index (χ0) is 20.8. The number of carbonyl (C=O) groups excluding carboxylic acids is 1. The molecule has 1 aromatic heterocycles. The molecule has 7 nitrogen and oxygen atoms in total. The molecule has 164 valence electrons. The highest BCUT2D eigenvalue weighted by Gasteiger charge is 2.22. The van der Waals surface area contributed by atoms with Crippen molar-refractivity contribution in [3.8, 4) is 0 Å². The van der Waals surface area contributed by atoms with Crippen molar-refractivity contribution in [1.29, 1.82) is 0 Å². The van der Waals surface area contributed by atoms with Crippen LogP contribution in [0.2, 0.25) is 5.02 Å². The third-order valence-electron chi connectivity index (χ3n) is 5.21. The molecule has 1 aromatic carbocycles. The predicted octanol–water partition coefficient (Wildman–Crippen LogP) is 4.07. The van der Waals surface area contributed by atoms with Crippen LogP contribution in [0.5, 0.6) is 0 Å². The number of aromatic nitrogens is 2. The van der Waals surface area contributed by atoms with E-state index >= 15 is 0 Å². The van der Waals surface area contributed by atoms with E-state index in [1.165, 1.54) is 0 Å². The summed E-state index contributed by atoms with van der Waals surface area (Å²) in [7, 11) is 3.92. The number of hydrogen-bond donors (Lipinski definition) is 2. The molecule has 2 aromatic rings. The molecule has 0 saturated carbocycles. The van der Waals surface area contributed by atoms with Crippen LogP contribution in [0.3, 0.4) is 0 Å². The number of anilines is 2. The van der Waals surface area contributed by atoms with Crippen LogP contribution in [-0.4, -0.2) is 54.6 Å². The Morgan fingerprint density at radius 1 is 1.33 bits per heavy atom. The van der Waals surface area contributed by atoms with Crippen LogP contribution in [0, 0.1) is 5.92 Å². The lowest BCUT2D eigenvalue weighted by Crippen LogP contribution is -2.33. The molecule has 9 heteroatoms. The monoisotopic (exact) mass is 453 g/mol. The van der Waals surface area contributed by atoms with Gasteiger partial charge in [-0.2, -0.15) is 0 Å². The smallest absolute Gasteiger partial charge is 0.254 e. The molecule has 1 amide bonds. The van der Waals surface area contributed by atoms with Crippen molar-refractivity contribution in [2.24, 2.45) is 5.92 Å². The van der Waals surface area contributed by atoms with Crippen molar-refractivity contribution in [3.05, 3.63) is 46.7 Å². The van der Waals surface area contributed by atoms with Crippen molar-refractivity contribution in [1.82, 2.24) is 20.2 Å². The van der Waals surface area contributed by atoms with E-state index in [2.05, 4.69) is 20.6 Å². The molecule has 1 atom stereocenters. The van der Waals surface area contributed by atoms with Crippen LogP contribution in [-0.2, 0) is 4.74 Å². The summed E-state index contributed by atoms with van der Waals surface area (Å²) >= 11 is 6.05. The largest absolute Gasteiger partial charge is 0.381 e. The van der Waals surface area contributed by atoms with Gasteiger partial charge in [-0.25, -0.2) is 9.97 Å². The summed E-state index contributed by atoms with van der Waals surface area (Å²) < 4.78 is 5.38. The Balaban J connectivity index is 0.00000320. The molecule has 1 unspecified atom stereocenters. The van der Waals surface area contributed by atoms with Gasteiger partial charge in [0.2, 0.25) is 5.95 Å². The van der Waals surface area contributed by atoms with Gasteiger partial charge in [0.05, 0.1) is 11.3 Å². The molecule has 1 aliphatic heterocycles. The fourth-order valence-electron chi connectivity index (χ4n) is 3.17. The van der Waals surface area contributed by atoms with Gasteiger partial charge in [0.25, 0.3) is 5.91 Å². The molecular formula is C21H29Cl2N5O2. The van der Waals surface area contributed by atoms with Crippen LogP contribution >= 0.6 is 24.0 Å². The Labute approximate surface area is 189 Å². The molecular weight excluding hydrogens is 425 g/mol. The second kappa shape index (κ2) is 11.5. The van der Waals surface area contributed by atoms with Crippen LogP contribution < -0.4 is 10.6 Å². The van der Waals surface area contributed by atoms with Crippen molar-refractivity contribution in [2.45, 2.75) is 25.8 Å². The number of carbonyl (C=O) groups is 1. The van der Waals surface area contributed by atoms with Gasteiger partial charge in [-0.1, -0.05) is 17.7 Å². The number of nitrogens with one attached hydrogen (secondary N) is 2. The van der Waals surface area contributed by atoms with E-state index in [1.54, 1.807) is 18.3 Å². The Morgan fingerprint density at radius 2 is 2.07 bits per heavy atom. The zero-order valence-electron chi connectivity index (χ0n) is 17.5. The first kappa shape index (κ1) is 24.3. The van der Waals surface area contributed by atoms with Crippen LogP contribution in [0.15, 0.2) is 30.5 Å². The van der Waals surface area contributed by atoms with Crippen molar-refractivity contribution >= 4 is 41.6 Å². The Morgan fingerprint density at radius 3 is 2.73 bits per heavy atom. The lowest BCUT2D eigenvalue weighted by molar-refractivity contribution is 0.0642. The molecule has 3 rings (SSSR count). The molecule has 1 aliphatic rings. The van der Waals surface area contributed by atoms with Gasteiger partial charge in [0, 0.05) is 42.7 Å². The molecule has 1 saturated heterocycles. The fourth-order valence-corrected chi connectivity index (χ4v) is 3.36. The molecule has 1 fully saturated rings. The standard InChI is InChI=1S/C21H28ClN5O2.ClH/c1-14(27(2)3)19-18(20(28)23-12-15-7-9-29-10-8-15)13-24-21(26-19)25-17-6-4-5-16(22)11-17;/h4-6,11,13-15H,7-10,12H2,1-3H3,(H,23,28)(H,24,25,26);1H. The number of ether oxygens (including phenoxy) is 1. The molecule has 2 heterocycles. The zero-order valence-corrected chi connectivity index (χ0v) is 19.1. The molecule has 0 aliphatic carbocycles. The molecule has 2 N–H and O–H groups in total. The van der Waals surface area contributed by atoms with Gasteiger partial charge >= 0.3 is 0 Å². The lowest BCUT2D eigenvalue weighted by atomic mass is 10.00. The van der Waals surface area contributed by atoms with Gasteiger partial charge < -0.3 is 20.3 Å². The normalized spacial score (nSPS) is 15.4. The molecule has 0 radical (unpaired) electrons. The van der Waals surface area contributed by atoms with Crippen LogP contribution in [0.1, 0.15) is 41.9 Å². The Kier molecular flexibility index (Phi) is 9.30. The average Bonchev–Trinajstić information content (AvgIpc) is 2.72. The van der Waals surface area contributed by atoms with Gasteiger partial charge in [-0.05, 0) is 58.0 Å². The summed E-state index contributed by atoms with van der Waals surface area (Å²) in [5.41, 5.74) is 1.96. The summed E-state index contributed by atoms with van der Waals surface area (Å²) in [6.07, 6.45) is 3.54. The molecule has 30 heavy (non-hydrogen) atoms. The molecule has 0 bridgehead atoms. The van der Waals surface area contributed by atoms with E-state index in [9.17, 15) is 4.79 Å². The van der Waals surface area contributed by atoms with Gasteiger partial charge in [-0.3, -0.25) is 4.79 Å². The molecule has 0 spiro atoms. The second-order valence-electron chi connectivity index (χ2n) is 7.53. The topological polar surface area (TPSA) is 79.4 Å². The Hall–Kier alpha value is -1.93. The highest BCUT2D eigenvalue weighted by molar-refractivity contribution is 6.30. The van der Waals surface area contributed by atoms with E-state index < -0.39 is 0 Å². The van der Waals surface area contributed by atoms with E-state index in [-0.39, 0.29) is 24.4 Å². The second-order valence-corrected chi connectivity index (χ2v) is 7.97. The summed E-state index contributed by atoms with van der Waals surface area (Å²) in [6, 6.07) is 7.29. The van der Waals surface area contributed by atoms with Gasteiger partial charge in [0.15, 0.2) is 0 Å². The maximum Gasteiger partial charge on any atom is 0.254 e. The summed E-state index contributed by atoms with van der Waals surface area (Å²) in [6.45, 7) is 4.17. The van der Waals surface area contributed by atoms with Crippen LogP contribution in [0.4, 0.5) is 11.6 Å². The first-order valence-corrected chi connectivity index (χ1v) is 10.2. The summed E-state index contributed by atoms with van der Waals surface area (Å²) in [5.74, 6) is 0.735. The number of nitrogens with zero attached hydrogens (tertiary/aromatic N) is 3. The quantitative estimate of drug-likeness (QED) is 0.657. The maximum absolute atomic E-state index is 12.9. The van der Waals surface area contributed by atoms with Gasteiger partial charge in [0.1, 0.15) is 0 Å². The van der Waals surface area contributed by atoms with Crippen molar-refractivity contribution in [2.75, 3.05) is 39.2 Å². The van der Waals surface area contributed by atoms with Crippen LogP contribution in [0.25, 0.3) is 0 Å². The highest BCUT2D eigenvalue weighted by Crippen LogP contribution is 2.23. The average molecular weight is 454 g/mol. The lowest BCUT2D eigenvalue weighted by Gasteiger charge is -2.24. The number of benzene rings is 1. The minimum atomic E-state index is -0.144. The SMILES string of the molecule is CC(c1nc(Nc2cccc(Cl)c2)ncc1C(=O)NCC1CCOCC1)N(C)C.Cl. The maximum atomic E-state index is 12.9. The number of halogens is 2. The number of rotatable bonds is 7. The summed E-state index contributed by atoms with van der Waals surface area (Å²) in [5, 5.41) is 6.83. The van der Waals surface area contributed by atoms with Crippen molar-refractivity contribution < 1.29 is 9.53 Å². The van der Waals surface area contributed by atoms with Crippen molar-refractivity contribution in [3.63, 3.8) is 0 Å². The van der Waals surface area contributed by atoms with E-state index in [1.807, 2.05) is 38.1 Å². The first-order valence-electron chi connectivity index (χ1n) is 9.86. The highest BCUT2D eigenvalue weighted by atomic mass is 35.5. The minimum Gasteiger partial charge on any atom is -0.381 e.